The highest BCUT2D eigenvalue weighted by Gasteiger charge is 2.32. The molecule has 1 aromatic heterocycles. The molecule has 1 aromatic carbocycles. The lowest BCUT2D eigenvalue weighted by molar-refractivity contribution is -0.274. The molecule has 10 heteroatoms. The molecule has 0 radical (unpaired) electrons. The first-order chi connectivity index (χ1) is 13.4. The molecule has 0 aliphatic carbocycles. The van der Waals surface area contributed by atoms with Gasteiger partial charge in [0.25, 0.3) is 0 Å². The Hall–Kier alpha value is -3.04. The number of para-hydroxylation sites is 1. The van der Waals surface area contributed by atoms with Gasteiger partial charge in [-0.3, -0.25) is 4.98 Å². The van der Waals surface area contributed by atoms with E-state index in [4.69, 9.17) is 4.74 Å². The van der Waals surface area contributed by atoms with Crippen LogP contribution in [0.2, 0.25) is 0 Å². The summed E-state index contributed by atoms with van der Waals surface area (Å²) >= 11 is 0. The smallest absolute Gasteiger partial charge is 0.473 e. The molecule has 1 aliphatic heterocycles. The van der Waals surface area contributed by atoms with Crippen LogP contribution in [0.15, 0.2) is 42.9 Å². The summed E-state index contributed by atoms with van der Waals surface area (Å²) in [6.07, 6.45) is 1.01. The van der Waals surface area contributed by atoms with Gasteiger partial charge in [-0.25, -0.2) is 9.78 Å². The highest BCUT2D eigenvalue weighted by Crippen LogP contribution is 2.26. The number of rotatable bonds is 5. The van der Waals surface area contributed by atoms with Gasteiger partial charge in [-0.1, -0.05) is 18.2 Å². The molecule has 150 valence electrons. The number of piperidine rings is 1. The van der Waals surface area contributed by atoms with Crippen LogP contribution in [0.1, 0.15) is 18.4 Å². The van der Waals surface area contributed by atoms with Crippen molar-refractivity contribution in [3.63, 3.8) is 0 Å². The minimum absolute atomic E-state index is 0.0679. The van der Waals surface area contributed by atoms with Crippen LogP contribution in [0, 0.1) is 0 Å². The van der Waals surface area contributed by atoms with E-state index >= 15 is 0 Å². The standard InChI is InChI=1S/C18H19F3N4O3/c19-18(20,21)28-15-4-2-1-3-13(15)11-24-17(26)25-9-5-14(6-10-25)27-16-12-22-7-8-23-16/h1-4,7-8,12,14H,5-6,9-11H2,(H,24,26). The lowest BCUT2D eigenvalue weighted by Crippen LogP contribution is -2.46. The monoisotopic (exact) mass is 396 g/mol. The number of nitrogens with one attached hydrogen (secondary N) is 1. The summed E-state index contributed by atoms with van der Waals surface area (Å²) in [5, 5.41) is 2.64. The number of benzene rings is 1. The van der Waals surface area contributed by atoms with Gasteiger partial charge in [0.15, 0.2) is 0 Å². The molecule has 1 saturated heterocycles. The minimum Gasteiger partial charge on any atom is -0.473 e. The van der Waals surface area contributed by atoms with Gasteiger partial charge < -0.3 is 19.7 Å². The van der Waals surface area contributed by atoms with Crippen molar-refractivity contribution in [3.05, 3.63) is 48.4 Å². The summed E-state index contributed by atoms with van der Waals surface area (Å²) in [6.45, 7) is 0.871. The maximum absolute atomic E-state index is 12.5. The number of halogens is 3. The molecule has 2 heterocycles. The van der Waals surface area contributed by atoms with Gasteiger partial charge in [-0.2, -0.15) is 0 Å². The molecule has 0 spiro atoms. The summed E-state index contributed by atoms with van der Waals surface area (Å²) < 4.78 is 47.1. The van der Waals surface area contributed by atoms with Crippen molar-refractivity contribution in [3.8, 4) is 11.6 Å². The minimum atomic E-state index is -4.79. The first kappa shape index (κ1) is 19.7. The highest BCUT2D eigenvalue weighted by atomic mass is 19.4. The number of hydrogen-bond donors (Lipinski definition) is 1. The fourth-order valence-corrected chi connectivity index (χ4v) is 2.85. The number of alkyl halides is 3. The number of carbonyl (C=O) groups excluding carboxylic acids is 1. The molecule has 2 aromatic rings. The number of nitrogens with zero attached hydrogens (tertiary/aromatic N) is 3. The summed E-state index contributed by atoms with van der Waals surface area (Å²) in [5.74, 6) is 0.109. The third-order valence-electron chi connectivity index (χ3n) is 4.18. The van der Waals surface area contributed by atoms with Crippen LogP contribution in [0.25, 0.3) is 0 Å². The van der Waals surface area contributed by atoms with E-state index in [1.165, 1.54) is 30.6 Å². The van der Waals surface area contributed by atoms with Crippen molar-refractivity contribution in [2.75, 3.05) is 13.1 Å². The van der Waals surface area contributed by atoms with Crippen LogP contribution >= 0.6 is 0 Å². The highest BCUT2D eigenvalue weighted by molar-refractivity contribution is 5.74. The Labute approximate surface area is 159 Å². The zero-order valence-electron chi connectivity index (χ0n) is 14.9. The normalized spacial score (nSPS) is 15.2. The SMILES string of the molecule is O=C(NCc1ccccc1OC(F)(F)F)N1CCC(Oc2cnccn2)CC1. The molecule has 2 amide bonds. The van der Waals surface area contributed by atoms with Crippen LogP contribution in [0.4, 0.5) is 18.0 Å². The molecule has 0 unspecified atom stereocenters. The molecule has 0 bridgehead atoms. The second-order valence-corrected chi connectivity index (χ2v) is 6.16. The van der Waals surface area contributed by atoms with E-state index in [1.54, 1.807) is 17.2 Å². The Morgan fingerprint density at radius 3 is 2.64 bits per heavy atom. The molecular formula is C18H19F3N4O3. The van der Waals surface area contributed by atoms with Gasteiger partial charge in [-0.05, 0) is 6.07 Å². The van der Waals surface area contributed by atoms with Crippen LogP contribution in [-0.2, 0) is 6.54 Å². The van der Waals surface area contributed by atoms with E-state index in [0.29, 0.717) is 31.8 Å². The van der Waals surface area contributed by atoms with Gasteiger partial charge in [0.1, 0.15) is 11.9 Å². The van der Waals surface area contributed by atoms with Crippen molar-refractivity contribution in [2.24, 2.45) is 0 Å². The number of amides is 2. The molecule has 3 rings (SSSR count). The lowest BCUT2D eigenvalue weighted by atomic mass is 10.1. The predicted molar refractivity (Wildman–Crippen MR) is 92.6 cm³/mol. The van der Waals surface area contributed by atoms with E-state index < -0.39 is 6.36 Å². The summed E-state index contributed by atoms with van der Waals surface area (Å²) in [5.41, 5.74) is 0.244. The van der Waals surface area contributed by atoms with Crippen molar-refractivity contribution in [1.29, 1.82) is 0 Å². The van der Waals surface area contributed by atoms with Gasteiger partial charge in [0.2, 0.25) is 5.88 Å². The van der Waals surface area contributed by atoms with E-state index in [9.17, 15) is 18.0 Å². The number of urea groups is 1. The molecule has 1 N–H and O–H groups in total. The molecule has 7 nitrogen and oxygen atoms in total. The second-order valence-electron chi connectivity index (χ2n) is 6.16. The van der Waals surface area contributed by atoms with E-state index in [2.05, 4.69) is 20.0 Å². The van der Waals surface area contributed by atoms with Crippen LogP contribution < -0.4 is 14.8 Å². The topological polar surface area (TPSA) is 76.6 Å². The Balaban J connectivity index is 1.48. The summed E-state index contributed by atoms with van der Waals surface area (Å²) in [7, 11) is 0. The zero-order chi connectivity index (χ0) is 20.0. The largest absolute Gasteiger partial charge is 0.573 e. The third kappa shape index (κ3) is 5.73. The van der Waals surface area contributed by atoms with E-state index in [1.807, 2.05) is 0 Å². The molecule has 1 fully saturated rings. The van der Waals surface area contributed by atoms with Crippen molar-refractivity contribution < 1.29 is 27.4 Å². The molecule has 0 saturated carbocycles. The van der Waals surface area contributed by atoms with Crippen molar-refractivity contribution in [1.82, 2.24) is 20.2 Å². The quantitative estimate of drug-likeness (QED) is 0.840. The Morgan fingerprint density at radius 2 is 1.96 bits per heavy atom. The van der Waals surface area contributed by atoms with Crippen LogP contribution in [0.3, 0.4) is 0 Å². The Morgan fingerprint density at radius 1 is 1.21 bits per heavy atom. The first-order valence-corrected chi connectivity index (χ1v) is 8.70. The molecular weight excluding hydrogens is 377 g/mol. The fraction of sp³-hybridized carbons (Fsp3) is 0.389. The van der Waals surface area contributed by atoms with Crippen LogP contribution in [0.5, 0.6) is 11.6 Å². The predicted octanol–water partition coefficient (Wildman–Crippen LogP) is 3.13. The number of ether oxygens (including phenoxy) is 2. The Kier molecular flexibility index (Phi) is 6.17. The summed E-state index contributed by atoms with van der Waals surface area (Å²) in [4.78, 5) is 21.9. The van der Waals surface area contributed by atoms with Crippen molar-refractivity contribution in [2.45, 2.75) is 31.9 Å². The van der Waals surface area contributed by atoms with E-state index in [-0.39, 0.29) is 30.0 Å². The van der Waals surface area contributed by atoms with Gasteiger partial charge in [0.05, 0.1) is 6.20 Å². The van der Waals surface area contributed by atoms with Crippen molar-refractivity contribution >= 4 is 6.03 Å². The number of aromatic nitrogens is 2. The first-order valence-electron chi connectivity index (χ1n) is 8.70. The zero-order valence-corrected chi connectivity index (χ0v) is 14.9. The Bertz CT molecular complexity index is 781. The third-order valence-corrected chi connectivity index (χ3v) is 4.18. The lowest BCUT2D eigenvalue weighted by Gasteiger charge is -2.31. The maximum Gasteiger partial charge on any atom is 0.573 e. The van der Waals surface area contributed by atoms with Gasteiger partial charge in [-0.15, -0.1) is 13.2 Å². The van der Waals surface area contributed by atoms with Crippen LogP contribution in [-0.4, -0.2) is 46.5 Å². The molecule has 0 atom stereocenters. The number of hydrogen-bond acceptors (Lipinski definition) is 5. The average molecular weight is 396 g/mol. The van der Waals surface area contributed by atoms with Gasteiger partial charge in [0, 0.05) is 50.4 Å². The molecule has 28 heavy (non-hydrogen) atoms. The molecule has 1 aliphatic rings. The maximum atomic E-state index is 12.5. The fourth-order valence-electron chi connectivity index (χ4n) is 2.85. The average Bonchev–Trinajstić information content (AvgIpc) is 2.67. The van der Waals surface area contributed by atoms with E-state index in [0.717, 1.165) is 0 Å². The number of carbonyl (C=O) groups is 1. The van der Waals surface area contributed by atoms with Gasteiger partial charge >= 0.3 is 12.4 Å². The second kappa shape index (κ2) is 8.77. The number of likely N-dealkylation sites (tertiary alicyclic amines) is 1. The summed E-state index contributed by atoms with van der Waals surface area (Å²) in [6, 6.07) is 5.36.